The SMILES string of the molecule is Cc1ccc(Cn2nc(C)c(/C=C(\C#N)c3nc4ccccc4[nH]3)c2C)cc1. The van der Waals surface area contributed by atoms with Crippen LogP contribution in [0.2, 0.25) is 0 Å². The Hall–Kier alpha value is -3.65. The van der Waals surface area contributed by atoms with E-state index in [1.165, 1.54) is 11.1 Å². The van der Waals surface area contributed by atoms with Gasteiger partial charge in [-0.25, -0.2) is 4.98 Å². The summed E-state index contributed by atoms with van der Waals surface area (Å²) in [4.78, 5) is 7.78. The van der Waals surface area contributed by atoms with Gasteiger partial charge in [-0.1, -0.05) is 42.0 Å². The van der Waals surface area contributed by atoms with E-state index in [0.29, 0.717) is 17.9 Å². The molecule has 0 atom stereocenters. The van der Waals surface area contributed by atoms with E-state index >= 15 is 0 Å². The number of aromatic nitrogens is 4. The summed E-state index contributed by atoms with van der Waals surface area (Å²) in [5.74, 6) is 0.578. The van der Waals surface area contributed by atoms with Crippen LogP contribution < -0.4 is 0 Å². The van der Waals surface area contributed by atoms with Crippen molar-refractivity contribution in [3.05, 3.63) is 82.4 Å². The number of nitrogens with one attached hydrogen (secondary N) is 1. The normalized spacial score (nSPS) is 11.7. The van der Waals surface area contributed by atoms with E-state index in [9.17, 15) is 5.26 Å². The summed E-state index contributed by atoms with van der Waals surface area (Å²) < 4.78 is 1.99. The van der Waals surface area contributed by atoms with Gasteiger partial charge in [0.25, 0.3) is 0 Å². The van der Waals surface area contributed by atoms with E-state index in [2.05, 4.69) is 52.3 Å². The van der Waals surface area contributed by atoms with Crippen molar-refractivity contribution in [1.82, 2.24) is 19.7 Å². The maximum Gasteiger partial charge on any atom is 0.149 e. The summed E-state index contributed by atoms with van der Waals surface area (Å²) >= 11 is 0. The van der Waals surface area contributed by atoms with E-state index < -0.39 is 0 Å². The van der Waals surface area contributed by atoms with Gasteiger partial charge in [-0.3, -0.25) is 4.68 Å². The molecule has 5 heteroatoms. The Morgan fingerprint density at radius 2 is 1.86 bits per heavy atom. The van der Waals surface area contributed by atoms with Crippen molar-refractivity contribution in [2.75, 3.05) is 0 Å². The number of benzene rings is 2. The average Bonchev–Trinajstić information content (AvgIpc) is 3.23. The molecule has 4 rings (SSSR count). The summed E-state index contributed by atoms with van der Waals surface area (Å²) in [6.07, 6.45) is 1.88. The molecular formula is C23H21N5. The molecule has 0 aliphatic rings. The molecule has 2 aromatic heterocycles. The van der Waals surface area contributed by atoms with E-state index in [1.807, 2.05) is 48.9 Å². The Morgan fingerprint density at radius 1 is 1.11 bits per heavy atom. The lowest BCUT2D eigenvalue weighted by Gasteiger charge is -2.05. The van der Waals surface area contributed by atoms with Crippen LogP contribution in [-0.4, -0.2) is 19.7 Å². The lowest BCUT2D eigenvalue weighted by Crippen LogP contribution is -2.04. The lowest BCUT2D eigenvalue weighted by molar-refractivity contribution is 0.659. The zero-order valence-corrected chi connectivity index (χ0v) is 16.2. The lowest BCUT2D eigenvalue weighted by atomic mass is 10.1. The van der Waals surface area contributed by atoms with Gasteiger partial charge in [0.1, 0.15) is 11.9 Å². The number of rotatable bonds is 4. The molecular weight excluding hydrogens is 346 g/mol. The number of imidazole rings is 1. The second-order valence-corrected chi connectivity index (χ2v) is 7.00. The van der Waals surface area contributed by atoms with E-state index in [-0.39, 0.29) is 0 Å². The van der Waals surface area contributed by atoms with Gasteiger partial charge >= 0.3 is 0 Å². The molecule has 0 saturated carbocycles. The number of aromatic amines is 1. The molecule has 0 saturated heterocycles. The maximum absolute atomic E-state index is 9.71. The number of H-pyrrole nitrogens is 1. The Morgan fingerprint density at radius 3 is 2.57 bits per heavy atom. The van der Waals surface area contributed by atoms with Crippen LogP contribution in [0.15, 0.2) is 48.5 Å². The van der Waals surface area contributed by atoms with Crippen molar-refractivity contribution in [3.63, 3.8) is 0 Å². The van der Waals surface area contributed by atoms with Gasteiger partial charge in [-0.15, -0.1) is 0 Å². The van der Waals surface area contributed by atoms with E-state index in [1.54, 1.807) is 0 Å². The maximum atomic E-state index is 9.71. The summed E-state index contributed by atoms with van der Waals surface area (Å²) in [5, 5.41) is 14.4. The number of nitriles is 1. The van der Waals surface area contributed by atoms with Crippen molar-refractivity contribution in [2.24, 2.45) is 0 Å². The molecule has 0 unspecified atom stereocenters. The first-order valence-corrected chi connectivity index (χ1v) is 9.21. The standard InChI is InChI=1S/C23H21N5/c1-15-8-10-18(11-9-15)14-28-17(3)20(16(2)27-28)12-19(13-24)23-25-21-6-4-5-7-22(21)26-23/h4-12H,14H2,1-3H3,(H,25,26)/b19-12+. The third-order valence-corrected chi connectivity index (χ3v) is 4.94. The van der Waals surface area contributed by atoms with Crippen molar-refractivity contribution in [2.45, 2.75) is 27.3 Å². The van der Waals surface area contributed by atoms with Gasteiger partial charge in [0.05, 0.1) is 28.8 Å². The largest absolute Gasteiger partial charge is 0.337 e. The first-order chi connectivity index (χ1) is 13.5. The number of aryl methyl sites for hydroxylation is 2. The fourth-order valence-corrected chi connectivity index (χ4v) is 3.32. The fraction of sp³-hybridized carbons (Fsp3) is 0.174. The minimum Gasteiger partial charge on any atom is -0.337 e. The summed E-state index contributed by atoms with van der Waals surface area (Å²) in [5.41, 5.74) is 7.59. The van der Waals surface area contributed by atoms with Gasteiger partial charge in [-0.05, 0) is 44.5 Å². The zero-order valence-electron chi connectivity index (χ0n) is 16.2. The van der Waals surface area contributed by atoms with Gasteiger partial charge in [0.2, 0.25) is 0 Å². The molecule has 0 aliphatic heterocycles. The molecule has 1 N–H and O–H groups in total. The van der Waals surface area contributed by atoms with Crippen molar-refractivity contribution in [3.8, 4) is 6.07 Å². The second kappa shape index (κ2) is 7.16. The van der Waals surface area contributed by atoms with Crippen molar-refractivity contribution in [1.29, 1.82) is 5.26 Å². The Kier molecular flexibility index (Phi) is 4.54. The molecule has 0 fully saturated rings. The highest BCUT2D eigenvalue weighted by atomic mass is 15.3. The predicted octanol–water partition coefficient (Wildman–Crippen LogP) is 4.80. The molecule has 5 nitrogen and oxygen atoms in total. The van der Waals surface area contributed by atoms with Gasteiger partial charge in [0, 0.05) is 11.3 Å². The van der Waals surface area contributed by atoms with Crippen LogP contribution in [0, 0.1) is 32.1 Å². The van der Waals surface area contributed by atoms with Crippen LogP contribution in [-0.2, 0) is 6.54 Å². The molecule has 28 heavy (non-hydrogen) atoms. The number of allylic oxidation sites excluding steroid dienone is 1. The summed E-state index contributed by atoms with van der Waals surface area (Å²) in [6, 6.07) is 18.5. The van der Waals surface area contributed by atoms with Crippen LogP contribution >= 0.6 is 0 Å². The zero-order chi connectivity index (χ0) is 19.7. The van der Waals surface area contributed by atoms with Crippen molar-refractivity contribution < 1.29 is 0 Å². The summed E-state index contributed by atoms with van der Waals surface area (Å²) in [6.45, 7) is 6.79. The minimum absolute atomic E-state index is 0.497. The van der Waals surface area contributed by atoms with Gasteiger partial charge in [-0.2, -0.15) is 10.4 Å². The smallest absolute Gasteiger partial charge is 0.149 e. The van der Waals surface area contributed by atoms with Crippen LogP contribution in [0.5, 0.6) is 0 Å². The Bertz CT molecular complexity index is 1180. The van der Waals surface area contributed by atoms with Crippen molar-refractivity contribution >= 4 is 22.7 Å². The highest BCUT2D eigenvalue weighted by molar-refractivity contribution is 5.90. The fourth-order valence-electron chi connectivity index (χ4n) is 3.32. The third-order valence-electron chi connectivity index (χ3n) is 4.94. The number of nitrogens with zero attached hydrogens (tertiary/aromatic N) is 4. The third kappa shape index (κ3) is 3.33. The quantitative estimate of drug-likeness (QED) is 0.527. The topological polar surface area (TPSA) is 70.3 Å². The Labute approximate surface area is 164 Å². The summed E-state index contributed by atoms with van der Waals surface area (Å²) in [7, 11) is 0. The van der Waals surface area contributed by atoms with Gasteiger partial charge < -0.3 is 4.98 Å². The molecule has 0 spiro atoms. The molecule has 0 amide bonds. The van der Waals surface area contributed by atoms with Crippen LogP contribution in [0.3, 0.4) is 0 Å². The number of para-hydroxylation sites is 2. The molecule has 4 aromatic rings. The first-order valence-electron chi connectivity index (χ1n) is 9.21. The minimum atomic E-state index is 0.497. The van der Waals surface area contributed by atoms with E-state index in [0.717, 1.165) is 28.0 Å². The predicted molar refractivity (Wildman–Crippen MR) is 112 cm³/mol. The second-order valence-electron chi connectivity index (χ2n) is 7.00. The molecule has 0 radical (unpaired) electrons. The molecule has 0 bridgehead atoms. The number of fused-ring (bicyclic) bond motifs is 1. The molecule has 0 aliphatic carbocycles. The Balaban J connectivity index is 1.70. The molecule has 2 aromatic carbocycles. The van der Waals surface area contributed by atoms with E-state index in [4.69, 9.17) is 0 Å². The highest BCUT2D eigenvalue weighted by Crippen LogP contribution is 2.23. The monoisotopic (exact) mass is 367 g/mol. The van der Waals surface area contributed by atoms with Crippen LogP contribution in [0.4, 0.5) is 0 Å². The van der Waals surface area contributed by atoms with Gasteiger partial charge in [0.15, 0.2) is 0 Å². The number of hydrogen-bond donors (Lipinski definition) is 1. The number of hydrogen-bond acceptors (Lipinski definition) is 3. The van der Waals surface area contributed by atoms with Crippen LogP contribution in [0.1, 0.15) is 33.9 Å². The molecule has 138 valence electrons. The van der Waals surface area contributed by atoms with Crippen LogP contribution in [0.25, 0.3) is 22.7 Å². The highest BCUT2D eigenvalue weighted by Gasteiger charge is 2.14. The average molecular weight is 367 g/mol. The molecule has 2 heterocycles. The first kappa shape index (κ1) is 17.7.